The first-order valence-corrected chi connectivity index (χ1v) is 10.7. The molecule has 3 rings (SSSR count). The van der Waals surface area contributed by atoms with E-state index < -0.39 is 5.69 Å². The van der Waals surface area contributed by atoms with Gasteiger partial charge in [-0.2, -0.15) is 0 Å². The number of methoxy groups -OCH3 is 3. The fourth-order valence-corrected chi connectivity index (χ4v) is 3.67. The highest BCUT2D eigenvalue weighted by atomic mass is 16.5. The molecule has 1 amide bonds. The number of benzene rings is 2. The fourth-order valence-electron chi connectivity index (χ4n) is 3.67. The minimum atomic E-state index is -0.509. The Morgan fingerprint density at radius 3 is 2.45 bits per heavy atom. The van der Waals surface area contributed by atoms with E-state index in [4.69, 9.17) is 14.2 Å². The average molecular weight is 456 g/mol. The lowest BCUT2D eigenvalue weighted by Gasteiger charge is -2.14. The normalized spacial score (nSPS) is 10.9. The minimum Gasteiger partial charge on any atom is -0.493 e. The summed E-state index contributed by atoms with van der Waals surface area (Å²) in [5.74, 6) is 0.942. The number of amides is 1. The first-order valence-electron chi connectivity index (χ1n) is 10.7. The summed E-state index contributed by atoms with van der Waals surface area (Å²) in [5.41, 5.74) is 0.537. The zero-order valence-corrected chi connectivity index (χ0v) is 19.1. The molecule has 0 aliphatic rings. The van der Waals surface area contributed by atoms with Crippen LogP contribution in [0.1, 0.15) is 12.0 Å². The van der Waals surface area contributed by atoms with E-state index in [1.165, 1.54) is 4.57 Å². The molecule has 1 heterocycles. The lowest BCUT2D eigenvalue weighted by Crippen LogP contribution is -2.43. The smallest absolute Gasteiger partial charge is 0.331 e. The van der Waals surface area contributed by atoms with E-state index in [0.29, 0.717) is 48.4 Å². The van der Waals surface area contributed by atoms with E-state index in [0.717, 1.165) is 10.1 Å². The molecule has 33 heavy (non-hydrogen) atoms. The van der Waals surface area contributed by atoms with Crippen molar-refractivity contribution >= 4 is 16.8 Å². The summed E-state index contributed by atoms with van der Waals surface area (Å²) in [6.45, 7) is 0.844. The molecule has 0 unspecified atom stereocenters. The summed E-state index contributed by atoms with van der Waals surface area (Å²) in [4.78, 5) is 38.5. The van der Waals surface area contributed by atoms with Crippen LogP contribution in [0.5, 0.6) is 11.5 Å². The second-order valence-electron chi connectivity index (χ2n) is 7.48. The van der Waals surface area contributed by atoms with Gasteiger partial charge in [0, 0.05) is 26.8 Å². The van der Waals surface area contributed by atoms with Crippen molar-refractivity contribution in [2.24, 2.45) is 0 Å². The summed E-state index contributed by atoms with van der Waals surface area (Å²) in [5, 5.41) is 3.24. The first kappa shape index (κ1) is 24.1. The summed E-state index contributed by atoms with van der Waals surface area (Å²) >= 11 is 0. The number of fused-ring (bicyclic) bond motifs is 1. The van der Waals surface area contributed by atoms with Crippen molar-refractivity contribution in [3.8, 4) is 11.5 Å². The number of carbonyl (C=O) groups is 1. The summed E-state index contributed by atoms with van der Waals surface area (Å²) < 4.78 is 18.1. The summed E-state index contributed by atoms with van der Waals surface area (Å²) in [6.07, 6.45) is 1.10. The molecule has 3 aromatic rings. The third-order valence-corrected chi connectivity index (χ3v) is 5.35. The Labute approximate surface area is 191 Å². The minimum absolute atomic E-state index is 0.185. The average Bonchev–Trinajstić information content (AvgIpc) is 2.83. The number of hydrogen-bond donors (Lipinski definition) is 1. The summed E-state index contributed by atoms with van der Waals surface area (Å²) in [7, 11) is 4.71. The largest absolute Gasteiger partial charge is 0.493 e. The van der Waals surface area contributed by atoms with Crippen molar-refractivity contribution in [3.63, 3.8) is 0 Å². The van der Waals surface area contributed by atoms with E-state index in [1.807, 2.05) is 18.2 Å². The molecule has 0 bridgehead atoms. The molecule has 0 aliphatic carbocycles. The Hall–Kier alpha value is -3.59. The maximum atomic E-state index is 13.0. The van der Waals surface area contributed by atoms with Crippen molar-refractivity contribution < 1.29 is 19.0 Å². The predicted molar refractivity (Wildman–Crippen MR) is 125 cm³/mol. The van der Waals surface area contributed by atoms with Crippen LogP contribution in [-0.2, 0) is 29.0 Å². The molecule has 176 valence electrons. The predicted octanol–water partition coefficient (Wildman–Crippen LogP) is 1.58. The van der Waals surface area contributed by atoms with Gasteiger partial charge in [0.15, 0.2) is 11.5 Å². The number of nitrogens with one attached hydrogen (secondary N) is 1. The fraction of sp³-hybridized carbons (Fsp3) is 0.375. The molecule has 0 fully saturated rings. The number of nitrogens with zero attached hydrogens (tertiary/aromatic N) is 2. The Bertz CT molecular complexity index is 1230. The molecule has 0 aliphatic heterocycles. The standard InChI is InChI=1S/C24H29N3O6/c1-31-14-6-13-26-23(29)18-7-4-5-8-19(18)27(24(26)30)16-22(28)25-12-11-17-9-10-20(32-2)21(15-17)33-3/h4-5,7-10,15H,6,11-14,16H2,1-3H3,(H,25,28). The molecule has 9 heteroatoms. The maximum Gasteiger partial charge on any atom is 0.331 e. The van der Waals surface area contributed by atoms with Gasteiger partial charge < -0.3 is 19.5 Å². The highest BCUT2D eigenvalue weighted by molar-refractivity contribution is 5.81. The van der Waals surface area contributed by atoms with Gasteiger partial charge in [0.2, 0.25) is 5.91 Å². The van der Waals surface area contributed by atoms with Gasteiger partial charge in [0.25, 0.3) is 5.56 Å². The molecule has 0 saturated carbocycles. The Morgan fingerprint density at radius 2 is 1.73 bits per heavy atom. The van der Waals surface area contributed by atoms with Crippen molar-refractivity contribution in [1.82, 2.24) is 14.5 Å². The number of hydrogen-bond acceptors (Lipinski definition) is 6. The lowest BCUT2D eigenvalue weighted by atomic mass is 10.1. The number of ether oxygens (including phenoxy) is 3. The van der Waals surface area contributed by atoms with Gasteiger partial charge in [-0.1, -0.05) is 18.2 Å². The highest BCUT2D eigenvalue weighted by Gasteiger charge is 2.15. The molecule has 1 aromatic heterocycles. The molecule has 0 radical (unpaired) electrons. The van der Waals surface area contributed by atoms with Crippen molar-refractivity contribution in [3.05, 3.63) is 68.9 Å². The SMILES string of the molecule is COCCCn1c(=O)c2ccccc2n(CC(=O)NCCc2ccc(OC)c(OC)c2)c1=O. The second-order valence-corrected chi connectivity index (χ2v) is 7.48. The second kappa shape index (κ2) is 11.3. The van der Waals surface area contributed by atoms with Gasteiger partial charge in [0.05, 0.1) is 25.1 Å². The van der Waals surface area contributed by atoms with Gasteiger partial charge in [-0.15, -0.1) is 0 Å². The van der Waals surface area contributed by atoms with Crippen molar-refractivity contribution in [2.75, 3.05) is 34.5 Å². The van der Waals surface area contributed by atoms with Crippen LogP contribution in [0.3, 0.4) is 0 Å². The Morgan fingerprint density at radius 1 is 0.970 bits per heavy atom. The van der Waals surface area contributed by atoms with Gasteiger partial charge in [-0.05, 0) is 42.7 Å². The first-order chi connectivity index (χ1) is 16.0. The maximum absolute atomic E-state index is 13.0. The summed E-state index contributed by atoms with van der Waals surface area (Å²) in [6, 6.07) is 12.4. The van der Waals surface area contributed by atoms with Crippen LogP contribution in [0, 0.1) is 0 Å². The number of para-hydroxylation sites is 1. The lowest BCUT2D eigenvalue weighted by molar-refractivity contribution is -0.121. The van der Waals surface area contributed by atoms with Crippen molar-refractivity contribution in [1.29, 1.82) is 0 Å². The molecule has 0 spiro atoms. The van der Waals surface area contributed by atoms with Crippen LogP contribution in [0.4, 0.5) is 0 Å². The third-order valence-electron chi connectivity index (χ3n) is 5.35. The molecule has 2 aromatic carbocycles. The van der Waals surface area contributed by atoms with Crippen LogP contribution in [-0.4, -0.2) is 49.5 Å². The van der Waals surface area contributed by atoms with Gasteiger partial charge >= 0.3 is 5.69 Å². The van der Waals surface area contributed by atoms with Crippen molar-refractivity contribution in [2.45, 2.75) is 25.9 Å². The molecular formula is C24H29N3O6. The Balaban J connectivity index is 1.75. The topological polar surface area (TPSA) is 101 Å². The number of carbonyl (C=O) groups excluding carboxylic acids is 1. The van der Waals surface area contributed by atoms with Gasteiger partial charge in [-0.3, -0.25) is 18.7 Å². The highest BCUT2D eigenvalue weighted by Crippen LogP contribution is 2.27. The van der Waals surface area contributed by atoms with E-state index in [-0.39, 0.29) is 24.6 Å². The zero-order valence-electron chi connectivity index (χ0n) is 19.1. The Kier molecular flexibility index (Phi) is 8.26. The molecular weight excluding hydrogens is 426 g/mol. The van der Waals surface area contributed by atoms with Crippen LogP contribution in [0.15, 0.2) is 52.1 Å². The van der Waals surface area contributed by atoms with E-state index in [2.05, 4.69) is 5.32 Å². The quantitative estimate of drug-likeness (QED) is 0.441. The monoisotopic (exact) mass is 455 g/mol. The molecule has 0 saturated heterocycles. The molecule has 1 N–H and O–H groups in total. The zero-order chi connectivity index (χ0) is 23.8. The molecule has 9 nitrogen and oxygen atoms in total. The van der Waals surface area contributed by atoms with E-state index in [9.17, 15) is 14.4 Å². The number of aromatic nitrogens is 2. The van der Waals surface area contributed by atoms with E-state index in [1.54, 1.807) is 45.6 Å². The van der Waals surface area contributed by atoms with Crippen LogP contribution in [0.2, 0.25) is 0 Å². The molecule has 0 atom stereocenters. The third kappa shape index (κ3) is 5.61. The van der Waals surface area contributed by atoms with Gasteiger partial charge in [-0.25, -0.2) is 4.79 Å². The van der Waals surface area contributed by atoms with Crippen LogP contribution >= 0.6 is 0 Å². The van der Waals surface area contributed by atoms with Crippen LogP contribution < -0.4 is 26.0 Å². The number of rotatable bonds is 11. The van der Waals surface area contributed by atoms with Gasteiger partial charge in [0.1, 0.15) is 6.54 Å². The van der Waals surface area contributed by atoms with E-state index >= 15 is 0 Å². The van der Waals surface area contributed by atoms with Crippen LogP contribution in [0.25, 0.3) is 10.9 Å².